The van der Waals surface area contributed by atoms with Gasteiger partial charge in [-0.15, -0.1) is 11.3 Å². The van der Waals surface area contributed by atoms with E-state index < -0.39 is 10.8 Å². The Morgan fingerprint density at radius 3 is 2.89 bits per heavy atom. The average molecular weight is 297 g/mol. The van der Waals surface area contributed by atoms with E-state index in [0.29, 0.717) is 15.8 Å². The molecule has 0 fully saturated rings. The summed E-state index contributed by atoms with van der Waals surface area (Å²) in [6, 6.07) is 5.40. The summed E-state index contributed by atoms with van der Waals surface area (Å²) in [5.74, 6) is 0.269. The molecule has 2 rings (SSSR count). The molecule has 0 aliphatic rings. The molecule has 102 valence electrons. The summed E-state index contributed by atoms with van der Waals surface area (Å²) in [6.45, 7) is 0. The summed E-state index contributed by atoms with van der Waals surface area (Å²) >= 11 is 1.36. The van der Waals surface area contributed by atoms with Crippen LogP contribution in [0.2, 0.25) is 0 Å². The molecule has 1 unspecified atom stereocenters. The fourth-order valence-electron chi connectivity index (χ4n) is 1.51. The molecule has 0 aliphatic heterocycles. The van der Waals surface area contributed by atoms with E-state index in [1.807, 2.05) is 12.1 Å². The molecular formula is C12H15N3O2S2. The summed E-state index contributed by atoms with van der Waals surface area (Å²) in [5.41, 5.74) is 7.15. The van der Waals surface area contributed by atoms with E-state index in [-0.39, 0.29) is 12.3 Å². The molecule has 19 heavy (non-hydrogen) atoms. The lowest BCUT2D eigenvalue weighted by Gasteiger charge is -2.08. The molecule has 0 saturated heterocycles. The zero-order valence-electron chi connectivity index (χ0n) is 10.8. The van der Waals surface area contributed by atoms with Gasteiger partial charge >= 0.3 is 0 Å². The monoisotopic (exact) mass is 297 g/mol. The SMILES string of the molecule is CN(C)C(=O)CCS(=O)c1nc2ccc(N)cc2s1. The van der Waals surface area contributed by atoms with Crippen molar-refractivity contribution < 1.29 is 9.00 Å². The maximum absolute atomic E-state index is 12.1. The quantitative estimate of drug-likeness (QED) is 0.867. The van der Waals surface area contributed by atoms with Crippen LogP contribution in [0.4, 0.5) is 5.69 Å². The van der Waals surface area contributed by atoms with Crippen LogP contribution in [0, 0.1) is 0 Å². The summed E-state index contributed by atoms with van der Waals surface area (Å²) in [7, 11) is 2.13. The first-order valence-corrected chi connectivity index (χ1v) is 7.85. The normalized spacial score (nSPS) is 12.5. The predicted octanol–water partition coefficient (Wildman–Crippen LogP) is 1.46. The third kappa shape index (κ3) is 3.30. The number of nitrogens with two attached hydrogens (primary N) is 1. The Bertz CT molecular complexity index is 637. The predicted molar refractivity (Wildman–Crippen MR) is 78.6 cm³/mol. The zero-order valence-corrected chi connectivity index (χ0v) is 12.4. The van der Waals surface area contributed by atoms with E-state index in [9.17, 15) is 9.00 Å². The van der Waals surface area contributed by atoms with Crippen LogP contribution in [0.5, 0.6) is 0 Å². The summed E-state index contributed by atoms with van der Waals surface area (Å²) in [5, 5.41) is 0. The van der Waals surface area contributed by atoms with Gasteiger partial charge in [0.15, 0.2) is 4.34 Å². The Morgan fingerprint density at radius 1 is 1.47 bits per heavy atom. The van der Waals surface area contributed by atoms with E-state index in [4.69, 9.17) is 5.73 Å². The van der Waals surface area contributed by atoms with Gasteiger partial charge in [0.1, 0.15) is 0 Å². The van der Waals surface area contributed by atoms with Crippen molar-refractivity contribution in [2.75, 3.05) is 25.6 Å². The maximum Gasteiger partial charge on any atom is 0.222 e. The number of rotatable bonds is 4. The van der Waals surface area contributed by atoms with Crippen LogP contribution in [-0.2, 0) is 15.6 Å². The van der Waals surface area contributed by atoms with Gasteiger partial charge in [0.05, 0.1) is 21.0 Å². The second-order valence-electron chi connectivity index (χ2n) is 4.29. The number of carbonyl (C=O) groups excluding carboxylic acids is 1. The first-order chi connectivity index (χ1) is 8.97. The number of carbonyl (C=O) groups is 1. The standard InChI is InChI=1S/C12H15N3O2S2/c1-15(2)11(16)5-6-19(17)12-14-9-4-3-8(13)7-10(9)18-12/h3-4,7H,5-6,13H2,1-2H3. The van der Waals surface area contributed by atoms with Gasteiger partial charge in [-0.3, -0.25) is 9.00 Å². The minimum Gasteiger partial charge on any atom is -0.399 e. The number of hydrogen-bond acceptors (Lipinski definition) is 5. The molecule has 1 aromatic heterocycles. The van der Waals surface area contributed by atoms with E-state index in [1.54, 1.807) is 20.2 Å². The minimum absolute atomic E-state index is 0.0290. The lowest BCUT2D eigenvalue weighted by Crippen LogP contribution is -2.23. The molecule has 1 heterocycles. The van der Waals surface area contributed by atoms with Crippen molar-refractivity contribution in [3.05, 3.63) is 18.2 Å². The topological polar surface area (TPSA) is 76.3 Å². The molecule has 0 bridgehead atoms. The molecule has 1 atom stereocenters. The Kier molecular flexibility index (Phi) is 4.16. The molecule has 1 amide bonds. The molecular weight excluding hydrogens is 282 g/mol. The van der Waals surface area contributed by atoms with E-state index in [0.717, 1.165) is 10.2 Å². The number of anilines is 1. The van der Waals surface area contributed by atoms with Crippen LogP contribution in [0.15, 0.2) is 22.5 Å². The highest BCUT2D eigenvalue weighted by molar-refractivity contribution is 7.87. The van der Waals surface area contributed by atoms with Crippen LogP contribution >= 0.6 is 11.3 Å². The molecule has 7 heteroatoms. The number of aromatic nitrogens is 1. The fourth-order valence-corrected chi connectivity index (χ4v) is 3.88. The first-order valence-electron chi connectivity index (χ1n) is 5.72. The average Bonchev–Trinajstić information content (AvgIpc) is 2.78. The van der Waals surface area contributed by atoms with Crippen LogP contribution < -0.4 is 5.73 Å². The maximum atomic E-state index is 12.1. The van der Waals surface area contributed by atoms with Crippen molar-refractivity contribution in [2.24, 2.45) is 0 Å². The smallest absolute Gasteiger partial charge is 0.222 e. The first kappa shape index (κ1) is 14.0. The van der Waals surface area contributed by atoms with Crippen LogP contribution in [0.3, 0.4) is 0 Å². The Labute approximate surface area is 117 Å². The number of benzene rings is 1. The van der Waals surface area contributed by atoms with Crippen LogP contribution in [-0.4, -0.2) is 39.8 Å². The molecule has 2 aromatic rings. The molecule has 0 saturated carbocycles. The highest BCUT2D eigenvalue weighted by Crippen LogP contribution is 2.26. The highest BCUT2D eigenvalue weighted by Gasteiger charge is 2.13. The molecule has 2 N–H and O–H groups in total. The lowest BCUT2D eigenvalue weighted by atomic mass is 10.3. The van der Waals surface area contributed by atoms with Crippen molar-refractivity contribution in [3.63, 3.8) is 0 Å². The number of nitrogens with zero attached hydrogens (tertiary/aromatic N) is 2. The van der Waals surface area contributed by atoms with Gasteiger partial charge in [-0.1, -0.05) is 0 Å². The number of nitrogen functional groups attached to an aromatic ring is 1. The molecule has 0 radical (unpaired) electrons. The number of thiazole rings is 1. The van der Waals surface area contributed by atoms with Crippen LogP contribution in [0.1, 0.15) is 6.42 Å². The van der Waals surface area contributed by atoms with Crippen LogP contribution in [0.25, 0.3) is 10.2 Å². The largest absolute Gasteiger partial charge is 0.399 e. The molecule has 0 spiro atoms. The summed E-state index contributed by atoms with van der Waals surface area (Å²) < 4.78 is 13.6. The Hall–Kier alpha value is -1.47. The van der Waals surface area contributed by atoms with Crippen molar-refractivity contribution in [2.45, 2.75) is 10.8 Å². The number of amides is 1. The third-order valence-corrected chi connectivity index (χ3v) is 5.26. The van der Waals surface area contributed by atoms with Crippen molar-refractivity contribution >= 4 is 43.9 Å². The van der Waals surface area contributed by atoms with E-state index in [1.165, 1.54) is 16.2 Å². The fraction of sp³-hybridized carbons (Fsp3) is 0.333. The van der Waals surface area contributed by atoms with Crippen molar-refractivity contribution in [1.29, 1.82) is 0 Å². The molecule has 5 nitrogen and oxygen atoms in total. The lowest BCUT2D eigenvalue weighted by molar-refractivity contribution is -0.128. The Balaban J connectivity index is 2.11. The van der Waals surface area contributed by atoms with Crippen molar-refractivity contribution in [3.8, 4) is 0 Å². The van der Waals surface area contributed by atoms with Crippen molar-refractivity contribution in [1.82, 2.24) is 9.88 Å². The molecule has 0 aliphatic carbocycles. The zero-order chi connectivity index (χ0) is 14.0. The van der Waals surface area contributed by atoms with E-state index in [2.05, 4.69) is 4.98 Å². The van der Waals surface area contributed by atoms with E-state index >= 15 is 0 Å². The third-order valence-electron chi connectivity index (χ3n) is 2.59. The van der Waals surface area contributed by atoms with Gasteiger partial charge < -0.3 is 10.6 Å². The second kappa shape index (κ2) is 5.66. The highest BCUT2D eigenvalue weighted by atomic mass is 32.2. The van der Waals surface area contributed by atoms with Gasteiger partial charge in [-0.05, 0) is 18.2 Å². The number of hydrogen-bond donors (Lipinski definition) is 1. The summed E-state index contributed by atoms with van der Waals surface area (Å²) in [4.78, 5) is 17.3. The van der Waals surface area contributed by atoms with Gasteiger partial charge in [0.25, 0.3) is 0 Å². The minimum atomic E-state index is -1.24. The Morgan fingerprint density at radius 2 is 2.21 bits per heavy atom. The van der Waals surface area contributed by atoms with Gasteiger partial charge in [0, 0.05) is 32.0 Å². The number of fused-ring (bicyclic) bond motifs is 1. The van der Waals surface area contributed by atoms with Gasteiger partial charge in [0.2, 0.25) is 5.91 Å². The van der Waals surface area contributed by atoms with Gasteiger partial charge in [-0.2, -0.15) is 0 Å². The summed E-state index contributed by atoms with van der Waals surface area (Å²) in [6.07, 6.45) is 0.262. The second-order valence-corrected chi connectivity index (χ2v) is 7.07. The molecule has 1 aromatic carbocycles. The van der Waals surface area contributed by atoms with Gasteiger partial charge in [-0.25, -0.2) is 4.98 Å².